The van der Waals surface area contributed by atoms with Gasteiger partial charge in [-0.2, -0.15) is 0 Å². The lowest BCUT2D eigenvalue weighted by atomic mass is 10.1. The Morgan fingerprint density at radius 1 is 1.14 bits per heavy atom. The van der Waals surface area contributed by atoms with Crippen molar-refractivity contribution in [3.05, 3.63) is 59.4 Å². The van der Waals surface area contributed by atoms with Crippen molar-refractivity contribution in [1.29, 1.82) is 0 Å². The van der Waals surface area contributed by atoms with Crippen molar-refractivity contribution in [3.63, 3.8) is 0 Å². The number of benzene rings is 2. The zero-order chi connectivity index (χ0) is 15.2. The molecule has 2 aromatic carbocycles. The van der Waals surface area contributed by atoms with Gasteiger partial charge >= 0.3 is 0 Å². The van der Waals surface area contributed by atoms with E-state index in [2.05, 4.69) is 5.32 Å². The van der Waals surface area contributed by atoms with E-state index in [-0.39, 0.29) is 18.0 Å². The zero-order valence-electron chi connectivity index (χ0n) is 11.9. The first-order valence-corrected chi connectivity index (χ1v) is 6.38. The molecule has 1 N–H and O–H groups in total. The number of hydrogen-bond acceptors (Lipinski definition) is 3. The molecule has 0 aliphatic rings. The molecule has 5 heteroatoms. The average Bonchev–Trinajstić information content (AvgIpc) is 2.52. The summed E-state index contributed by atoms with van der Waals surface area (Å²) in [6, 6.07) is 10.9. The maximum Gasteiger partial charge on any atom is 0.251 e. The quantitative estimate of drug-likeness (QED) is 0.920. The number of halogens is 1. The number of amides is 1. The molecule has 0 aromatic heterocycles. The van der Waals surface area contributed by atoms with E-state index in [1.807, 2.05) is 6.07 Å². The Hall–Kier alpha value is -2.56. The highest BCUT2D eigenvalue weighted by molar-refractivity contribution is 5.94. The molecule has 21 heavy (non-hydrogen) atoms. The van der Waals surface area contributed by atoms with E-state index in [0.29, 0.717) is 11.5 Å². The van der Waals surface area contributed by atoms with Crippen LogP contribution in [0.15, 0.2) is 42.5 Å². The lowest BCUT2D eigenvalue weighted by Gasteiger charge is -2.11. The van der Waals surface area contributed by atoms with E-state index in [1.54, 1.807) is 32.4 Å². The third kappa shape index (κ3) is 3.72. The van der Waals surface area contributed by atoms with E-state index < -0.39 is 5.82 Å². The first-order valence-electron chi connectivity index (χ1n) is 6.38. The summed E-state index contributed by atoms with van der Waals surface area (Å²) in [5.41, 5.74) is 1.09. The van der Waals surface area contributed by atoms with Crippen molar-refractivity contribution in [2.24, 2.45) is 0 Å². The van der Waals surface area contributed by atoms with E-state index in [1.165, 1.54) is 18.2 Å². The molecular weight excluding hydrogens is 273 g/mol. The van der Waals surface area contributed by atoms with Crippen LogP contribution in [0.1, 0.15) is 15.9 Å². The maximum absolute atomic E-state index is 13.1. The van der Waals surface area contributed by atoms with Crippen molar-refractivity contribution >= 4 is 5.91 Å². The second-order valence-corrected chi connectivity index (χ2v) is 4.37. The molecule has 0 radical (unpaired) electrons. The van der Waals surface area contributed by atoms with Crippen LogP contribution in [0, 0.1) is 5.82 Å². The van der Waals surface area contributed by atoms with Crippen LogP contribution >= 0.6 is 0 Å². The van der Waals surface area contributed by atoms with E-state index in [4.69, 9.17) is 9.47 Å². The summed E-state index contributed by atoms with van der Waals surface area (Å²) in [5, 5.41) is 2.73. The van der Waals surface area contributed by atoms with Crippen LogP contribution in [-0.2, 0) is 6.54 Å². The first-order chi connectivity index (χ1) is 10.1. The standard InChI is InChI=1S/C16H16FNO3/c1-20-14-7-6-12(15(9-14)21-2)10-18-16(19)11-4-3-5-13(17)8-11/h3-9H,10H2,1-2H3,(H,18,19). The predicted octanol–water partition coefficient (Wildman–Crippen LogP) is 2.77. The normalized spacial score (nSPS) is 10.0. The van der Waals surface area contributed by atoms with Crippen LogP contribution in [-0.4, -0.2) is 20.1 Å². The molecular formula is C16H16FNO3. The van der Waals surface area contributed by atoms with Crippen molar-refractivity contribution in [3.8, 4) is 11.5 Å². The van der Waals surface area contributed by atoms with Gasteiger partial charge in [0.15, 0.2) is 0 Å². The molecule has 4 nitrogen and oxygen atoms in total. The number of carbonyl (C=O) groups excluding carboxylic acids is 1. The molecule has 2 rings (SSSR count). The fraction of sp³-hybridized carbons (Fsp3) is 0.188. The Balaban J connectivity index is 2.07. The molecule has 1 amide bonds. The minimum atomic E-state index is -0.440. The Labute approximate surface area is 122 Å². The van der Waals surface area contributed by atoms with Gasteiger partial charge in [0.2, 0.25) is 0 Å². The topological polar surface area (TPSA) is 47.6 Å². The minimum Gasteiger partial charge on any atom is -0.497 e. The Kier molecular flexibility index (Phi) is 4.77. The van der Waals surface area contributed by atoms with Gasteiger partial charge in [-0.25, -0.2) is 4.39 Å². The fourth-order valence-corrected chi connectivity index (χ4v) is 1.91. The van der Waals surface area contributed by atoms with Gasteiger partial charge in [-0.05, 0) is 30.3 Å². The van der Waals surface area contributed by atoms with Crippen LogP contribution in [0.25, 0.3) is 0 Å². The largest absolute Gasteiger partial charge is 0.497 e. The van der Waals surface area contributed by atoms with Gasteiger partial charge < -0.3 is 14.8 Å². The molecule has 0 fully saturated rings. The van der Waals surface area contributed by atoms with Crippen LogP contribution in [0.2, 0.25) is 0 Å². The van der Waals surface area contributed by atoms with Gasteiger partial charge in [0, 0.05) is 23.7 Å². The third-order valence-corrected chi connectivity index (χ3v) is 3.02. The van der Waals surface area contributed by atoms with Gasteiger partial charge in [-0.1, -0.05) is 6.07 Å². The monoisotopic (exact) mass is 289 g/mol. The summed E-state index contributed by atoms with van der Waals surface area (Å²) in [6.07, 6.45) is 0. The molecule has 0 atom stereocenters. The van der Waals surface area contributed by atoms with Crippen LogP contribution in [0.3, 0.4) is 0 Å². The Bertz CT molecular complexity index is 643. The Morgan fingerprint density at radius 3 is 2.62 bits per heavy atom. The second-order valence-electron chi connectivity index (χ2n) is 4.37. The summed E-state index contributed by atoms with van der Waals surface area (Å²) in [6.45, 7) is 0.280. The van der Waals surface area contributed by atoms with Crippen molar-refractivity contribution in [1.82, 2.24) is 5.32 Å². The van der Waals surface area contributed by atoms with Crippen LogP contribution in [0.4, 0.5) is 4.39 Å². The smallest absolute Gasteiger partial charge is 0.251 e. The molecule has 0 heterocycles. The van der Waals surface area contributed by atoms with Crippen molar-refractivity contribution in [2.45, 2.75) is 6.54 Å². The van der Waals surface area contributed by atoms with Gasteiger partial charge in [-0.15, -0.1) is 0 Å². The number of rotatable bonds is 5. The van der Waals surface area contributed by atoms with Gasteiger partial charge in [-0.3, -0.25) is 4.79 Å². The lowest BCUT2D eigenvalue weighted by molar-refractivity contribution is 0.0950. The molecule has 0 aliphatic heterocycles. The zero-order valence-corrected chi connectivity index (χ0v) is 11.9. The summed E-state index contributed by atoms with van der Waals surface area (Å²) in [7, 11) is 3.12. The van der Waals surface area contributed by atoms with Crippen LogP contribution < -0.4 is 14.8 Å². The number of nitrogens with one attached hydrogen (secondary N) is 1. The molecule has 0 aliphatic carbocycles. The molecule has 2 aromatic rings. The number of methoxy groups -OCH3 is 2. The van der Waals surface area contributed by atoms with E-state index in [0.717, 1.165) is 5.56 Å². The summed E-state index contributed by atoms with van der Waals surface area (Å²) < 4.78 is 23.4. The van der Waals surface area contributed by atoms with Gasteiger partial charge in [0.25, 0.3) is 5.91 Å². The van der Waals surface area contributed by atoms with Gasteiger partial charge in [0.05, 0.1) is 14.2 Å². The lowest BCUT2D eigenvalue weighted by Crippen LogP contribution is -2.23. The fourth-order valence-electron chi connectivity index (χ4n) is 1.91. The highest BCUT2D eigenvalue weighted by atomic mass is 19.1. The molecule has 0 unspecified atom stereocenters. The third-order valence-electron chi connectivity index (χ3n) is 3.02. The van der Waals surface area contributed by atoms with Gasteiger partial charge in [0.1, 0.15) is 17.3 Å². The minimum absolute atomic E-state index is 0.280. The first kappa shape index (κ1) is 14.8. The maximum atomic E-state index is 13.1. The molecule has 0 saturated carbocycles. The Morgan fingerprint density at radius 2 is 1.95 bits per heavy atom. The average molecular weight is 289 g/mol. The highest BCUT2D eigenvalue weighted by Crippen LogP contribution is 2.24. The van der Waals surface area contributed by atoms with E-state index >= 15 is 0 Å². The number of carbonyl (C=O) groups is 1. The highest BCUT2D eigenvalue weighted by Gasteiger charge is 2.09. The summed E-state index contributed by atoms with van der Waals surface area (Å²) in [5.74, 6) is 0.512. The van der Waals surface area contributed by atoms with E-state index in [9.17, 15) is 9.18 Å². The molecule has 110 valence electrons. The summed E-state index contributed by atoms with van der Waals surface area (Å²) >= 11 is 0. The summed E-state index contributed by atoms with van der Waals surface area (Å²) in [4.78, 5) is 11.9. The van der Waals surface area contributed by atoms with Crippen molar-refractivity contribution in [2.75, 3.05) is 14.2 Å². The SMILES string of the molecule is COc1ccc(CNC(=O)c2cccc(F)c2)c(OC)c1. The van der Waals surface area contributed by atoms with Crippen molar-refractivity contribution < 1.29 is 18.7 Å². The molecule has 0 bridgehead atoms. The second kappa shape index (κ2) is 6.74. The predicted molar refractivity (Wildman–Crippen MR) is 77.1 cm³/mol. The molecule has 0 spiro atoms. The molecule has 0 saturated heterocycles. The van der Waals surface area contributed by atoms with Crippen LogP contribution in [0.5, 0.6) is 11.5 Å². The number of hydrogen-bond donors (Lipinski definition) is 1. The number of ether oxygens (including phenoxy) is 2.